The Morgan fingerprint density at radius 2 is 1.54 bits per heavy atom. The van der Waals surface area contributed by atoms with Crippen LogP contribution in [-0.4, -0.2) is 61.1 Å². The molecule has 37 heavy (non-hydrogen) atoms. The molecule has 1 atom stereocenters. The van der Waals surface area contributed by atoms with Crippen LogP contribution in [0, 0.1) is 11.8 Å². The Morgan fingerprint density at radius 1 is 0.919 bits per heavy atom. The summed E-state index contributed by atoms with van der Waals surface area (Å²) in [6.07, 6.45) is 8.11. The number of benzene rings is 2. The summed E-state index contributed by atoms with van der Waals surface area (Å²) in [6, 6.07) is 15.5. The molecule has 0 aromatic heterocycles. The summed E-state index contributed by atoms with van der Waals surface area (Å²) >= 11 is 0. The molecule has 1 N–H and O–H groups in total. The Hall–Kier alpha value is -3.80. The second kappa shape index (κ2) is 12.0. The summed E-state index contributed by atoms with van der Waals surface area (Å²) in [4.78, 5) is 15.3. The first-order valence-corrected chi connectivity index (χ1v) is 13.1. The van der Waals surface area contributed by atoms with Gasteiger partial charge in [0.25, 0.3) is 0 Å². The molecule has 0 saturated carbocycles. The van der Waals surface area contributed by atoms with Crippen molar-refractivity contribution in [2.75, 3.05) is 44.8 Å². The topological polar surface area (TPSA) is 62.0 Å². The number of carbonyl (C=O) groups excluding carboxylic acids is 1. The summed E-state index contributed by atoms with van der Waals surface area (Å²) < 4.78 is 13.3. The number of likely N-dealkylation sites (N-methyl/N-ethyl adjacent to an activating group) is 1. The van der Waals surface area contributed by atoms with E-state index in [4.69, 9.17) is 9.47 Å². The van der Waals surface area contributed by atoms with E-state index >= 15 is 0 Å². The lowest BCUT2D eigenvalue weighted by Gasteiger charge is -2.32. The number of methoxy groups -OCH3 is 1. The number of carbonyl (C=O) groups is 1. The summed E-state index contributed by atoms with van der Waals surface area (Å²) in [5.41, 5.74) is 3.41. The lowest BCUT2D eigenvalue weighted by molar-refractivity contribution is -0.524. The molecule has 0 spiro atoms. The molecule has 194 valence electrons. The minimum absolute atomic E-state index is 0.00363. The molecule has 2 aliphatic carbocycles. The second-order valence-corrected chi connectivity index (χ2v) is 9.15. The molecule has 0 heterocycles. The van der Waals surface area contributed by atoms with Crippen LogP contribution in [0.3, 0.4) is 0 Å². The highest BCUT2D eigenvalue weighted by molar-refractivity contribution is 6.30. The van der Waals surface area contributed by atoms with Gasteiger partial charge in [0.05, 0.1) is 18.6 Å². The van der Waals surface area contributed by atoms with Gasteiger partial charge in [-0.15, -0.1) is 0 Å². The molecule has 6 nitrogen and oxygen atoms in total. The van der Waals surface area contributed by atoms with Crippen LogP contribution < -0.4 is 14.4 Å². The van der Waals surface area contributed by atoms with Gasteiger partial charge >= 0.3 is 0 Å². The van der Waals surface area contributed by atoms with Crippen LogP contribution in [0.15, 0.2) is 78.6 Å². The lowest BCUT2D eigenvalue weighted by atomic mass is 9.71. The number of nitrogens with zero attached hydrogens (tertiary/aromatic N) is 2. The van der Waals surface area contributed by atoms with E-state index in [0.717, 1.165) is 54.6 Å². The van der Waals surface area contributed by atoms with E-state index < -0.39 is 5.92 Å². The Bertz CT molecular complexity index is 1200. The lowest BCUT2D eigenvalue weighted by Crippen LogP contribution is -2.36. The molecule has 0 fully saturated rings. The van der Waals surface area contributed by atoms with Crippen LogP contribution >= 0.6 is 0 Å². The number of allylic oxidation sites excluding steroid dienone is 6. The first kappa shape index (κ1) is 26.3. The van der Waals surface area contributed by atoms with Gasteiger partial charge in [-0.05, 0) is 62.7 Å². The molecule has 6 heteroatoms. The fraction of sp³-hybridized carbons (Fsp3) is 0.355. The number of rotatable bonds is 11. The van der Waals surface area contributed by atoms with Gasteiger partial charge < -0.3 is 19.5 Å². The minimum Gasteiger partial charge on any atom is -0.511 e. The van der Waals surface area contributed by atoms with E-state index in [9.17, 15) is 9.90 Å². The van der Waals surface area contributed by atoms with Gasteiger partial charge in [-0.2, -0.15) is 0 Å². The highest BCUT2D eigenvalue weighted by Crippen LogP contribution is 2.42. The van der Waals surface area contributed by atoms with Gasteiger partial charge in [0, 0.05) is 36.8 Å². The maximum Gasteiger partial charge on any atom is 0.199 e. The molecule has 4 rings (SSSR count). The first-order chi connectivity index (χ1) is 18.0. The van der Waals surface area contributed by atoms with Crippen molar-refractivity contribution in [2.24, 2.45) is 11.8 Å². The fourth-order valence-corrected chi connectivity index (χ4v) is 4.95. The highest BCUT2D eigenvalue weighted by Gasteiger charge is 2.44. The van der Waals surface area contributed by atoms with Crippen molar-refractivity contribution in [1.29, 1.82) is 0 Å². The third-order valence-electron chi connectivity index (χ3n) is 7.16. The minimum atomic E-state index is -0.514. The smallest absolute Gasteiger partial charge is 0.199 e. The second-order valence-electron chi connectivity index (χ2n) is 9.15. The zero-order chi connectivity index (χ0) is 26.4. The number of Topliss-reactive ketones (excluding diaryl/α,β-unsaturated/α-hetero) is 1. The molecular formula is C31H37N2O4+. The van der Waals surface area contributed by atoms with E-state index in [1.807, 2.05) is 72.8 Å². The zero-order valence-corrected chi connectivity index (χ0v) is 22.2. The maximum absolute atomic E-state index is 13.1. The molecule has 0 radical (unpaired) electrons. The van der Waals surface area contributed by atoms with Crippen molar-refractivity contribution in [3.8, 4) is 11.5 Å². The number of anilines is 1. The quantitative estimate of drug-likeness (QED) is 0.423. The average Bonchev–Trinajstić information content (AvgIpc) is 2.94. The van der Waals surface area contributed by atoms with Gasteiger partial charge in [0.1, 0.15) is 30.4 Å². The number of ketones is 1. The van der Waals surface area contributed by atoms with Crippen molar-refractivity contribution in [3.63, 3.8) is 0 Å². The van der Waals surface area contributed by atoms with Crippen molar-refractivity contribution < 1.29 is 24.0 Å². The average molecular weight is 502 g/mol. The zero-order valence-electron chi connectivity index (χ0n) is 22.2. The summed E-state index contributed by atoms with van der Waals surface area (Å²) in [7, 11) is 1.64. The molecule has 0 saturated heterocycles. The molecule has 2 aromatic rings. The van der Waals surface area contributed by atoms with Gasteiger partial charge in [0.15, 0.2) is 18.0 Å². The van der Waals surface area contributed by atoms with Gasteiger partial charge in [0.2, 0.25) is 0 Å². The van der Waals surface area contributed by atoms with Crippen molar-refractivity contribution in [3.05, 3.63) is 84.2 Å². The maximum atomic E-state index is 13.1. The molecule has 2 aromatic carbocycles. The van der Waals surface area contributed by atoms with Gasteiger partial charge in [-0.3, -0.25) is 4.79 Å². The predicted molar refractivity (Wildman–Crippen MR) is 149 cm³/mol. The van der Waals surface area contributed by atoms with Crippen molar-refractivity contribution in [1.82, 2.24) is 0 Å². The molecule has 2 aliphatic rings. The number of hydrogen-bond acceptors (Lipinski definition) is 5. The number of aliphatic hydroxyl groups is 1. The van der Waals surface area contributed by atoms with Gasteiger partial charge in [-0.1, -0.05) is 24.3 Å². The predicted octanol–water partition coefficient (Wildman–Crippen LogP) is 5.30. The number of hydrogen-bond donors (Lipinski definition) is 1. The summed E-state index contributed by atoms with van der Waals surface area (Å²) in [5.74, 6) is 1.13. The van der Waals surface area contributed by atoms with Crippen LogP contribution in [0.4, 0.5) is 5.69 Å². The van der Waals surface area contributed by atoms with E-state index in [0.29, 0.717) is 12.2 Å². The molecule has 0 amide bonds. The van der Waals surface area contributed by atoms with Crippen LogP contribution in [-0.2, 0) is 4.79 Å². The van der Waals surface area contributed by atoms with E-state index in [1.165, 1.54) is 0 Å². The van der Waals surface area contributed by atoms with Crippen LogP contribution in [0.2, 0.25) is 0 Å². The van der Waals surface area contributed by atoms with Crippen molar-refractivity contribution in [2.45, 2.75) is 20.8 Å². The van der Waals surface area contributed by atoms with Crippen LogP contribution in [0.5, 0.6) is 11.5 Å². The third-order valence-corrected chi connectivity index (χ3v) is 7.16. The van der Waals surface area contributed by atoms with Crippen LogP contribution in [0.1, 0.15) is 26.3 Å². The summed E-state index contributed by atoms with van der Waals surface area (Å²) in [6.45, 7) is 10.3. The number of aliphatic hydroxyl groups excluding tert-OH is 1. The Balaban J connectivity index is 1.39. The Labute approximate surface area is 219 Å². The molecule has 1 unspecified atom stereocenters. The highest BCUT2D eigenvalue weighted by atomic mass is 16.5. The third kappa shape index (κ3) is 5.63. The Morgan fingerprint density at radius 3 is 2.08 bits per heavy atom. The molecule has 0 bridgehead atoms. The molecular weight excluding hydrogens is 464 g/mol. The first-order valence-electron chi connectivity index (χ1n) is 13.1. The number of ether oxygens (including phenoxy) is 2. The van der Waals surface area contributed by atoms with Crippen LogP contribution in [0.25, 0.3) is 5.57 Å². The van der Waals surface area contributed by atoms with E-state index in [1.54, 1.807) is 7.11 Å². The van der Waals surface area contributed by atoms with E-state index in [2.05, 4.69) is 30.2 Å². The SMILES string of the molecule is CCN(CC)c1ccc(C2=C(O)C(C3C=CC(=[N+](CC)CCOc4ccc(OC)cc4)C=C3)C2=O)cc1. The van der Waals surface area contributed by atoms with Gasteiger partial charge in [-0.25, -0.2) is 4.58 Å². The Kier molecular flexibility index (Phi) is 8.49. The van der Waals surface area contributed by atoms with Crippen molar-refractivity contribution >= 4 is 22.8 Å². The van der Waals surface area contributed by atoms with E-state index in [-0.39, 0.29) is 17.5 Å². The fourth-order valence-electron chi connectivity index (χ4n) is 4.95. The standard InChI is InChI=1S/C31H36N2O4/c1-5-32(6-2)24-12-8-22(9-13-24)28-30(34)29(31(28)35)23-10-14-25(15-11-23)33(7-3)20-21-37-27-18-16-26(36-4)17-19-27/h8-19,23,29H,5-7,20-21H2,1-4H3/p+1. The molecule has 0 aliphatic heterocycles. The summed E-state index contributed by atoms with van der Waals surface area (Å²) in [5, 5.41) is 10.8. The normalized spacial score (nSPS) is 18.6. The monoisotopic (exact) mass is 501 g/mol. The largest absolute Gasteiger partial charge is 0.511 e.